The third-order valence-electron chi connectivity index (χ3n) is 4.93. The number of halogens is 1. The fourth-order valence-electron chi connectivity index (χ4n) is 3.18. The summed E-state index contributed by atoms with van der Waals surface area (Å²) in [4.78, 5) is 0.198. The quantitative estimate of drug-likeness (QED) is 0.246. The molecule has 0 amide bonds. The van der Waals surface area contributed by atoms with Crippen LogP contribution in [0.2, 0.25) is 0 Å². The van der Waals surface area contributed by atoms with Gasteiger partial charge in [-0.3, -0.25) is 0 Å². The molecule has 0 unspecified atom stereocenters. The smallest absolute Gasteiger partial charge is 0.0623 e. The van der Waals surface area contributed by atoms with Gasteiger partial charge < -0.3 is 5.73 Å². The number of nitrogens with one attached hydrogen (secondary N) is 2. The van der Waals surface area contributed by atoms with Crippen molar-refractivity contribution in [1.82, 2.24) is 4.72 Å². The Labute approximate surface area is 217 Å². The average molecular weight is 580 g/mol. The van der Waals surface area contributed by atoms with Crippen molar-refractivity contribution in [3.63, 3.8) is 0 Å². The van der Waals surface area contributed by atoms with E-state index in [-0.39, 0.29) is 4.90 Å². The molecule has 0 heterocycles. The van der Waals surface area contributed by atoms with Crippen LogP contribution in [0.3, 0.4) is 0 Å². The summed E-state index contributed by atoms with van der Waals surface area (Å²) in [6, 6.07) is 35.8. The van der Waals surface area contributed by atoms with Crippen LogP contribution < -0.4 is 4.72 Å². The molecule has 0 aliphatic rings. The van der Waals surface area contributed by atoms with Crippen molar-refractivity contribution in [1.29, 1.82) is 0 Å². The minimum Gasteiger partial charge on any atom is -0.0623 e. The molecule has 0 aliphatic carbocycles. The summed E-state index contributed by atoms with van der Waals surface area (Å²) in [5.41, 5.74) is 11.2. The molecule has 7 heteroatoms. The Morgan fingerprint density at radius 1 is 0.676 bits per heavy atom. The van der Waals surface area contributed by atoms with E-state index in [1.54, 1.807) is 24.3 Å². The van der Waals surface area contributed by atoms with E-state index < -0.39 is 22.1 Å². The Hall–Kier alpha value is -2.34. The van der Waals surface area contributed by atoms with Gasteiger partial charge in [-0.15, -0.1) is 0 Å². The van der Waals surface area contributed by atoms with Gasteiger partial charge in [-0.25, -0.2) is 13.1 Å². The molecule has 0 saturated carbocycles. The molecule has 0 saturated heterocycles. The zero-order valence-electron chi connectivity index (χ0n) is 18.7. The molecule has 0 radical (unpaired) electrons. The monoisotopic (exact) mass is 580 g/mol. The van der Waals surface area contributed by atoms with E-state index in [1.807, 2.05) is 121 Å². The average Bonchev–Trinajstić information content (AvgIpc) is 2.91. The van der Waals surface area contributed by atoms with Crippen LogP contribution in [0.4, 0.5) is 0 Å². The van der Waals surface area contributed by atoms with Crippen molar-refractivity contribution in [3.8, 4) is 0 Å². The van der Waals surface area contributed by atoms with Gasteiger partial charge >= 0.3 is 27.0 Å². The number of benzene rings is 4. The summed E-state index contributed by atoms with van der Waals surface area (Å²) in [5.74, 6) is 0. The van der Waals surface area contributed by atoms with Gasteiger partial charge in [0, 0.05) is 6.04 Å². The third-order valence-corrected chi connectivity index (χ3v) is 6.39. The summed E-state index contributed by atoms with van der Waals surface area (Å²) < 4.78 is 28.5. The fraction of sp³-hybridized carbons (Fsp3) is 0.111. The molecular weight excluding hydrogens is 553 g/mol. The van der Waals surface area contributed by atoms with E-state index in [0.717, 1.165) is 16.7 Å². The first-order valence-corrected chi connectivity index (χ1v) is 14.2. The summed E-state index contributed by atoms with van der Waals surface area (Å²) in [6.45, 7) is 1.91. The molecule has 2 atom stereocenters. The van der Waals surface area contributed by atoms with E-state index in [4.69, 9.17) is 5.73 Å². The number of hydrogen-bond donors (Lipinski definition) is 1. The minimum atomic E-state index is -3.75. The van der Waals surface area contributed by atoms with Gasteiger partial charge in [0.25, 0.3) is 0 Å². The molecule has 0 spiro atoms. The SMILES string of the molecule is Cc1ccc(S(=O)(=O)N[C@@H](c2ccccc2)[C@@H]([NH-])c2ccccc2)cc1.[Cl][Ru+].c1ccccc1. The van der Waals surface area contributed by atoms with Gasteiger partial charge in [0.2, 0.25) is 10.0 Å². The zero-order valence-corrected chi connectivity index (χ0v) is 22.0. The Morgan fingerprint density at radius 3 is 1.50 bits per heavy atom. The first-order chi connectivity index (χ1) is 16.5. The second kappa shape index (κ2) is 14.8. The first kappa shape index (κ1) is 27.9. The van der Waals surface area contributed by atoms with Crippen LogP contribution in [0.5, 0.6) is 0 Å². The third kappa shape index (κ3) is 8.79. The molecule has 0 aromatic heterocycles. The van der Waals surface area contributed by atoms with Gasteiger partial charge in [-0.05, 0) is 24.6 Å². The number of aryl methyl sites for hydroxylation is 1. The minimum absolute atomic E-state index is 0.198. The molecule has 2 N–H and O–H groups in total. The van der Waals surface area contributed by atoms with Gasteiger partial charge in [-0.1, -0.05) is 126 Å². The van der Waals surface area contributed by atoms with Crippen molar-refractivity contribution in [2.75, 3.05) is 0 Å². The molecule has 0 fully saturated rings. The Balaban J connectivity index is 0.000000437. The van der Waals surface area contributed by atoms with E-state index in [9.17, 15) is 8.42 Å². The van der Waals surface area contributed by atoms with Crippen molar-refractivity contribution >= 4 is 19.7 Å². The second-order valence-corrected chi connectivity index (χ2v) is 9.08. The largest absolute Gasteiger partial charge is 0.0623 e. The fourth-order valence-corrected chi connectivity index (χ4v) is 4.42. The molecule has 4 nitrogen and oxygen atoms in total. The van der Waals surface area contributed by atoms with Gasteiger partial charge in [0.15, 0.2) is 0 Å². The van der Waals surface area contributed by atoms with Crippen molar-refractivity contribution in [2.45, 2.75) is 23.9 Å². The van der Waals surface area contributed by atoms with E-state index in [0.29, 0.717) is 0 Å². The molecular formula is C27H27ClN2O2RuS. The molecule has 178 valence electrons. The standard InChI is InChI=1S/C21H21N2O2S.C6H6.ClH.Ru/c1-16-12-14-19(15-13-16)26(24,25)23-21(18-10-6-3-7-11-18)20(22)17-8-4-2-5-9-17;1-2-4-6-5-3-1;;/h2-15,20-23H,1H3;1-6H;1H;/q-1;;;+2/p-1/t20-,21-;;;/m0.../s1. The van der Waals surface area contributed by atoms with Crippen molar-refractivity contribution in [3.05, 3.63) is 144 Å². The molecule has 4 aromatic rings. The number of sulfonamides is 1. The number of rotatable bonds is 6. The normalized spacial score (nSPS) is 12.2. The second-order valence-electron chi connectivity index (χ2n) is 7.37. The topological polar surface area (TPSA) is 70.0 Å². The summed E-state index contributed by atoms with van der Waals surface area (Å²) >= 11 is 1.82. The molecule has 34 heavy (non-hydrogen) atoms. The molecule has 0 bridgehead atoms. The van der Waals surface area contributed by atoms with Crippen LogP contribution in [0.25, 0.3) is 5.73 Å². The van der Waals surface area contributed by atoms with Crippen LogP contribution in [0.1, 0.15) is 28.8 Å². The van der Waals surface area contributed by atoms with Crippen LogP contribution in [0, 0.1) is 6.92 Å². The number of hydrogen-bond acceptors (Lipinski definition) is 2. The Bertz CT molecular complexity index is 1150. The van der Waals surface area contributed by atoms with E-state index >= 15 is 0 Å². The van der Waals surface area contributed by atoms with Crippen molar-refractivity contribution in [2.24, 2.45) is 0 Å². The Morgan fingerprint density at radius 2 is 1.06 bits per heavy atom. The first-order valence-electron chi connectivity index (χ1n) is 10.5. The maximum absolute atomic E-state index is 12.9. The predicted molar refractivity (Wildman–Crippen MR) is 136 cm³/mol. The maximum Gasteiger partial charge on any atom is -0.0623 e. The van der Waals surface area contributed by atoms with Crippen LogP contribution in [-0.2, 0) is 27.3 Å². The predicted octanol–water partition coefficient (Wildman–Crippen LogP) is 7.18. The Kier molecular flexibility index (Phi) is 12.2. The van der Waals surface area contributed by atoms with E-state index in [1.165, 1.54) is 0 Å². The molecule has 4 aromatic carbocycles. The molecule has 4 rings (SSSR count). The van der Waals surface area contributed by atoms with Gasteiger partial charge in [0.1, 0.15) is 0 Å². The van der Waals surface area contributed by atoms with Crippen LogP contribution in [0.15, 0.2) is 126 Å². The van der Waals surface area contributed by atoms with Crippen LogP contribution >= 0.6 is 9.69 Å². The summed E-state index contributed by atoms with van der Waals surface area (Å²) in [6.07, 6.45) is 0. The molecule has 0 aliphatic heterocycles. The zero-order chi connectivity index (χ0) is 24.8. The van der Waals surface area contributed by atoms with Gasteiger partial charge in [-0.2, -0.15) is 0 Å². The summed E-state index contributed by atoms with van der Waals surface area (Å²) in [7, 11) is 0.821. The summed E-state index contributed by atoms with van der Waals surface area (Å²) in [5, 5.41) is 0. The van der Waals surface area contributed by atoms with Crippen molar-refractivity contribution < 1.29 is 25.7 Å². The van der Waals surface area contributed by atoms with Crippen LogP contribution in [-0.4, -0.2) is 8.42 Å². The van der Waals surface area contributed by atoms with Gasteiger partial charge in [0.05, 0.1) is 4.90 Å². The van der Waals surface area contributed by atoms with E-state index in [2.05, 4.69) is 14.4 Å². The maximum atomic E-state index is 12.9.